The first kappa shape index (κ1) is 18.3. The second-order valence-corrected chi connectivity index (χ2v) is 8.10. The third kappa shape index (κ3) is 3.81. The molecule has 6 heteroatoms. The maximum atomic E-state index is 6.18. The van der Waals surface area contributed by atoms with Gasteiger partial charge in [0, 0.05) is 5.92 Å². The van der Waals surface area contributed by atoms with Crippen molar-refractivity contribution in [1.82, 2.24) is 0 Å². The zero-order chi connectivity index (χ0) is 18.4. The Morgan fingerprint density at radius 1 is 0.962 bits per heavy atom. The van der Waals surface area contributed by atoms with E-state index in [4.69, 9.17) is 28.4 Å². The van der Waals surface area contributed by atoms with Crippen LogP contribution in [0.15, 0.2) is 30.3 Å². The van der Waals surface area contributed by atoms with E-state index in [0.29, 0.717) is 19.8 Å². The van der Waals surface area contributed by atoms with Crippen molar-refractivity contribution in [1.29, 1.82) is 0 Å². The molecule has 0 saturated carbocycles. The van der Waals surface area contributed by atoms with Crippen LogP contribution < -0.4 is 0 Å². The molecule has 5 atom stereocenters. The van der Waals surface area contributed by atoms with Crippen molar-refractivity contribution in [2.75, 3.05) is 13.2 Å². The standard InChI is InChI=1S/C20H28O6/c1-19(2)22-12-15(24-19)16-14(11-21-10-13-8-6-5-7-9-13)17-18(23-16)26-20(3,4)25-17/h5-9,14-18H,10-12H2,1-4H3/t14-,15?,16+,17-,18-/m1/s1. The lowest BCUT2D eigenvalue weighted by molar-refractivity contribution is -0.229. The lowest BCUT2D eigenvalue weighted by Crippen LogP contribution is -2.41. The van der Waals surface area contributed by atoms with Gasteiger partial charge in [0.05, 0.1) is 25.9 Å². The van der Waals surface area contributed by atoms with E-state index in [2.05, 4.69) is 12.1 Å². The van der Waals surface area contributed by atoms with Gasteiger partial charge in [-0.15, -0.1) is 0 Å². The molecule has 1 unspecified atom stereocenters. The van der Waals surface area contributed by atoms with E-state index in [1.54, 1.807) is 0 Å². The molecule has 0 amide bonds. The number of benzene rings is 1. The van der Waals surface area contributed by atoms with Crippen LogP contribution in [0.1, 0.15) is 33.3 Å². The fourth-order valence-corrected chi connectivity index (χ4v) is 3.91. The smallest absolute Gasteiger partial charge is 0.188 e. The monoisotopic (exact) mass is 364 g/mol. The van der Waals surface area contributed by atoms with E-state index >= 15 is 0 Å². The molecule has 0 bridgehead atoms. The normalized spacial score (nSPS) is 37.8. The average molecular weight is 364 g/mol. The summed E-state index contributed by atoms with van der Waals surface area (Å²) in [5.74, 6) is -1.22. The van der Waals surface area contributed by atoms with Crippen LogP contribution in [0.2, 0.25) is 0 Å². The third-order valence-electron chi connectivity index (χ3n) is 5.04. The largest absolute Gasteiger partial charge is 0.376 e. The van der Waals surface area contributed by atoms with Crippen molar-refractivity contribution >= 4 is 0 Å². The predicted molar refractivity (Wildman–Crippen MR) is 93.2 cm³/mol. The number of ether oxygens (including phenoxy) is 6. The Bertz CT molecular complexity index is 616. The van der Waals surface area contributed by atoms with Gasteiger partial charge in [-0.2, -0.15) is 0 Å². The minimum atomic E-state index is -0.649. The van der Waals surface area contributed by atoms with Crippen molar-refractivity contribution in [3.05, 3.63) is 35.9 Å². The van der Waals surface area contributed by atoms with E-state index in [0.717, 1.165) is 5.56 Å². The summed E-state index contributed by atoms with van der Waals surface area (Å²) in [5, 5.41) is 0. The van der Waals surface area contributed by atoms with Gasteiger partial charge in [0.2, 0.25) is 0 Å². The van der Waals surface area contributed by atoms with Gasteiger partial charge in [0.1, 0.15) is 12.2 Å². The SMILES string of the molecule is CC1(C)OCC([C@H]2O[C@@H]3OC(C)(C)O[C@@H]3[C@@H]2COCc2ccccc2)O1. The van der Waals surface area contributed by atoms with Gasteiger partial charge in [-0.3, -0.25) is 0 Å². The average Bonchev–Trinajstić information content (AvgIpc) is 3.18. The Labute approximate surface area is 154 Å². The van der Waals surface area contributed by atoms with Crippen molar-refractivity contribution in [3.8, 4) is 0 Å². The summed E-state index contributed by atoms with van der Waals surface area (Å²) in [7, 11) is 0. The first-order chi connectivity index (χ1) is 12.3. The maximum Gasteiger partial charge on any atom is 0.188 e. The highest BCUT2D eigenvalue weighted by molar-refractivity contribution is 5.13. The van der Waals surface area contributed by atoms with Gasteiger partial charge >= 0.3 is 0 Å². The molecule has 0 aromatic heterocycles. The molecule has 1 aromatic carbocycles. The van der Waals surface area contributed by atoms with Crippen LogP contribution in [-0.4, -0.2) is 49.4 Å². The molecular formula is C20H28O6. The molecule has 26 heavy (non-hydrogen) atoms. The van der Waals surface area contributed by atoms with Crippen LogP contribution in [0.4, 0.5) is 0 Å². The lowest BCUT2D eigenvalue weighted by atomic mass is 9.95. The Morgan fingerprint density at radius 2 is 1.73 bits per heavy atom. The van der Waals surface area contributed by atoms with E-state index in [-0.39, 0.29) is 24.2 Å². The molecule has 0 spiro atoms. The molecule has 6 nitrogen and oxygen atoms in total. The second kappa shape index (κ2) is 6.86. The molecule has 3 heterocycles. The van der Waals surface area contributed by atoms with E-state index < -0.39 is 17.9 Å². The number of fused-ring (bicyclic) bond motifs is 1. The van der Waals surface area contributed by atoms with Crippen LogP contribution in [0, 0.1) is 5.92 Å². The molecule has 3 fully saturated rings. The number of hydrogen-bond acceptors (Lipinski definition) is 6. The Balaban J connectivity index is 1.43. The van der Waals surface area contributed by atoms with Gasteiger partial charge < -0.3 is 28.4 Å². The zero-order valence-electron chi connectivity index (χ0n) is 15.8. The van der Waals surface area contributed by atoms with Gasteiger partial charge in [-0.05, 0) is 33.3 Å². The summed E-state index contributed by atoms with van der Waals surface area (Å²) >= 11 is 0. The van der Waals surface area contributed by atoms with Crippen LogP contribution in [0.25, 0.3) is 0 Å². The Morgan fingerprint density at radius 3 is 2.42 bits per heavy atom. The van der Waals surface area contributed by atoms with Crippen molar-refractivity contribution in [2.45, 2.75) is 70.5 Å². The van der Waals surface area contributed by atoms with Gasteiger partial charge in [-0.25, -0.2) is 0 Å². The minimum absolute atomic E-state index is 0.0213. The number of hydrogen-bond donors (Lipinski definition) is 0. The highest BCUT2D eigenvalue weighted by atomic mass is 16.8. The van der Waals surface area contributed by atoms with E-state index in [1.807, 2.05) is 45.9 Å². The summed E-state index contributed by atoms with van der Waals surface area (Å²) in [5.41, 5.74) is 1.14. The summed E-state index contributed by atoms with van der Waals surface area (Å²) in [6, 6.07) is 10.1. The highest BCUT2D eigenvalue weighted by Gasteiger charge is 2.58. The fraction of sp³-hybridized carbons (Fsp3) is 0.700. The van der Waals surface area contributed by atoms with E-state index in [1.165, 1.54) is 0 Å². The summed E-state index contributed by atoms with van der Waals surface area (Å²) in [6.07, 6.45) is -0.902. The van der Waals surface area contributed by atoms with Crippen LogP contribution in [0.5, 0.6) is 0 Å². The predicted octanol–water partition coefficient (Wildman–Crippen LogP) is 2.85. The molecule has 0 aliphatic carbocycles. The lowest BCUT2D eigenvalue weighted by Gasteiger charge is -2.29. The van der Waals surface area contributed by atoms with Gasteiger partial charge in [0.15, 0.2) is 17.9 Å². The van der Waals surface area contributed by atoms with Crippen molar-refractivity contribution in [2.24, 2.45) is 5.92 Å². The first-order valence-corrected chi connectivity index (χ1v) is 9.28. The van der Waals surface area contributed by atoms with Crippen molar-refractivity contribution < 1.29 is 28.4 Å². The van der Waals surface area contributed by atoms with Crippen molar-refractivity contribution in [3.63, 3.8) is 0 Å². The molecule has 3 saturated heterocycles. The minimum Gasteiger partial charge on any atom is -0.376 e. The molecule has 3 aliphatic rings. The molecule has 4 rings (SSSR count). The molecule has 3 aliphatic heterocycles. The van der Waals surface area contributed by atoms with E-state index in [9.17, 15) is 0 Å². The highest BCUT2D eigenvalue weighted by Crippen LogP contribution is 2.43. The van der Waals surface area contributed by atoms with Crippen LogP contribution >= 0.6 is 0 Å². The Kier molecular flexibility index (Phi) is 4.84. The molecule has 144 valence electrons. The molecular weight excluding hydrogens is 336 g/mol. The van der Waals surface area contributed by atoms with Gasteiger partial charge in [-0.1, -0.05) is 30.3 Å². The number of rotatable bonds is 5. The summed E-state index contributed by atoms with van der Waals surface area (Å²) in [4.78, 5) is 0. The molecule has 0 N–H and O–H groups in total. The quantitative estimate of drug-likeness (QED) is 0.801. The van der Waals surface area contributed by atoms with Crippen LogP contribution in [-0.2, 0) is 35.0 Å². The summed E-state index contributed by atoms with van der Waals surface area (Å²) < 4.78 is 36.0. The summed E-state index contributed by atoms with van der Waals surface area (Å²) in [6.45, 7) is 9.21. The first-order valence-electron chi connectivity index (χ1n) is 9.28. The topological polar surface area (TPSA) is 55.4 Å². The fourth-order valence-electron chi connectivity index (χ4n) is 3.91. The third-order valence-corrected chi connectivity index (χ3v) is 5.04. The molecule has 1 aromatic rings. The van der Waals surface area contributed by atoms with Crippen LogP contribution in [0.3, 0.4) is 0 Å². The maximum absolute atomic E-state index is 6.18. The molecule has 0 radical (unpaired) electrons. The Hall–Kier alpha value is -1.02. The zero-order valence-corrected chi connectivity index (χ0v) is 15.8. The van der Waals surface area contributed by atoms with Gasteiger partial charge in [0.25, 0.3) is 0 Å². The second-order valence-electron chi connectivity index (χ2n) is 8.10.